The molecule has 11 aromatic carbocycles. The van der Waals surface area contributed by atoms with Crippen LogP contribution in [-0.4, -0.2) is 0 Å². The van der Waals surface area contributed by atoms with Gasteiger partial charge in [0.05, 0.1) is 5.41 Å². The lowest BCUT2D eigenvalue weighted by molar-refractivity contribution is 0.669. The highest BCUT2D eigenvalue weighted by molar-refractivity contribution is 6.06. The van der Waals surface area contributed by atoms with Crippen LogP contribution in [0.4, 0.5) is 17.1 Å². The molecule has 0 N–H and O–H groups in total. The summed E-state index contributed by atoms with van der Waals surface area (Å²) in [4.78, 5) is 2.40. The van der Waals surface area contributed by atoms with E-state index in [1.807, 2.05) is 12.1 Å². The van der Waals surface area contributed by atoms with Crippen molar-refractivity contribution >= 4 is 39.0 Å². The maximum Gasteiger partial charge on any atom is 0.135 e. The molecule has 0 fully saturated rings. The minimum absolute atomic E-state index is 0.481. The van der Waals surface area contributed by atoms with E-state index < -0.39 is 5.41 Å². The molecule has 12 aromatic rings. The van der Waals surface area contributed by atoms with Gasteiger partial charge in [-0.25, -0.2) is 0 Å². The van der Waals surface area contributed by atoms with Crippen LogP contribution in [0.15, 0.2) is 277 Å². The summed E-state index contributed by atoms with van der Waals surface area (Å²) in [5.41, 5.74) is 21.6. The van der Waals surface area contributed by atoms with Gasteiger partial charge < -0.3 is 9.32 Å². The zero-order valence-corrected chi connectivity index (χ0v) is 37.8. The molecule has 0 saturated carbocycles. The Morgan fingerprint density at radius 1 is 0.275 bits per heavy atom. The second kappa shape index (κ2) is 16.7. The number of para-hydroxylation sites is 1. The van der Waals surface area contributed by atoms with Gasteiger partial charge in [-0.15, -0.1) is 0 Å². The lowest BCUT2D eigenvalue weighted by Gasteiger charge is -2.34. The van der Waals surface area contributed by atoms with Gasteiger partial charge in [0.25, 0.3) is 0 Å². The van der Waals surface area contributed by atoms with Crippen molar-refractivity contribution in [3.8, 4) is 55.6 Å². The molecule has 0 saturated heterocycles. The van der Waals surface area contributed by atoms with Crippen LogP contribution in [0, 0.1) is 0 Å². The van der Waals surface area contributed by atoms with Crippen molar-refractivity contribution < 1.29 is 4.42 Å². The summed E-state index contributed by atoms with van der Waals surface area (Å²) in [6, 6.07) is 99.3. The Labute approximate surface area is 402 Å². The van der Waals surface area contributed by atoms with Crippen LogP contribution in [0.5, 0.6) is 0 Å². The van der Waals surface area contributed by atoms with E-state index in [4.69, 9.17) is 4.42 Å². The molecular weight excluding hydrogens is 835 g/mol. The van der Waals surface area contributed by atoms with Gasteiger partial charge in [0.1, 0.15) is 11.2 Å². The number of furan rings is 1. The van der Waals surface area contributed by atoms with E-state index in [0.29, 0.717) is 0 Å². The van der Waals surface area contributed by atoms with Crippen LogP contribution < -0.4 is 4.90 Å². The molecule has 0 unspecified atom stereocenters. The topological polar surface area (TPSA) is 16.4 Å². The minimum Gasteiger partial charge on any atom is -0.456 e. The van der Waals surface area contributed by atoms with Crippen LogP contribution >= 0.6 is 0 Å². The Balaban J connectivity index is 0.952. The second-order valence-electron chi connectivity index (χ2n) is 18.0. The van der Waals surface area contributed by atoms with E-state index in [-0.39, 0.29) is 0 Å². The third-order valence-corrected chi connectivity index (χ3v) is 14.2. The summed E-state index contributed by atoms with van der Waals surface area (Å²) in [7, 11) is 0. The SMILES string of the molecule is c1ccc(-c2ccc(-c3cccc(N(c4ccc(-c5ccc6oc7ccccc7c6c5)cc4)c4cccc(-c5cccc6c5-c5ccccc5C6(c5ccccc5)c5ccccc5)c4)c3)cc2)cc1. The molecule has 1 aliphatic carbocycles. The molecule has 2 nitrogen and oxygen atoms in total. The second-order valence-corrected chi connectivity index (χ2v) is 18.0. The fourth-order valence-corrected chi connectivity index (χ4v) is 11.0. The van der Waals surface area contributed by atoms with Crippen molar-refractivity contribution in [2.45, 2.75) is 5.41 Å². The van der Waals surface area contributed by atoms with Crippen molar-refractivity contribution in [3.05, 3.63) is 295 Å². The highest BCUT2D eigenvalue weighted by Crippen LogP contribution is 2.58. The number of hydrogen-bond acceptors (Lipinski definition) is 2. The Morgan fingerprint density at radius 2 is 0.739 bits per heavy atom. The highest BCUT2D eigenvalue weighted by Gasteiger charge is 2.46. The predicted octanol–water partition coefficient (Wildman–Crippen LogP) is 18.1. The summed E-state index contributed by atoms with van der Waals surface area (Å²) in [6.45, 7) is 0. The highest BCUT2D eigenvalue weighted by atomic mass is 16.3. The van der Waals surface area contributed by atoms with Crippen LogP contribution in [0.3, 0.4) is 0 Å². The van der Waals surface area contributed by atoms with Gasteiger partial charge in [-0.1, -0.05) is 218 Å². The average Bonchev–Trinajstić information content (AvgIpc) is 3.96. The van der Waals surface area contributed by atoms with Gasteiger partial charge in [0, 0.05) is 27.8 Å². The Morgan fingerprint density at radius 3 is 1.45 bits per heavy atom. The monoisotopic (exact) mass is 879 g/mol. The van der Waals surface area contributed by atoms with Gasteiger partial charge in [-0.2, -0.15) is 0 Å². The van der Waals surface area contributed by atoms with Crippen LogP contribution in [0.1, 0.15) is 22.3 Å². The standard InChI is InChI=1S/C67H45NO/c1-4-17-46(18-5-1)47-33-35-48(36-34-47)50-19-14-25-56(43-50)68(55-40-37-49(38-41-55)51-39-42-65-61(45-51)59-27-11-13-32-64(59)69-65)57-26-15-20-52(44-57)58-29-16-31-63-66(58)60-28-10-12-30-62(60)67(63,53-21-6-2-7-22-53)54-23-8-3-9-24-54/h1-45H. The summed E-state index contributed by atoms with van der Waals surface area (Å²) in [5.74, 6) is 0. The largest absolute Gasteiger partial charge is 0.456 e. The Bertz CT molecular complexity index is 3780. The summed E-state index contributed by atoms with van der Waals surface area (Å²) in [6.07, 6.45) is 0. The fourth-order valence-electron chi connectivity index (χ4n) is 11.0. The molecule has 2 heteroatoms. The molecule has 0 atom stereocenters. The Hall–Kier alpha value is -8.98. The van der Waals surface area contributed by atoms with E-state index in [1.54, 1.807) is 0 Å². The van der Waals surface area contributed by atoms with Gasteiger partial charge in [-0.05, 0) is 132 Å². The molecule has 1 aliphatic rings. The van der Waals surface area contributed by atoms with E-state index >= 15 is 0 Å². The van der Waals surface area contributed by atoms with E-state index in [0.717, 1.165) is 61.3 Å². The van der Waals surface area contributed by atoms with Crippen LogP contribution in [0.25, 0.3) is 77.6 Å². The van der Waals surface area contributed by atoms with Crippen molar-refractivity contribution in [2.75, 3.05) is 4.90 Å². The summed E-state index contributed by atoms with van der Waals surface area (Å²) < 4.78 is 6.19. The zero-order chi connectivity index (χ0) is 45.7. The molecule has 13 rings (SSSR count). The number of nitrogens with zero attached hydrogens (tertiary/aromatic N) is 1. The normalized spacial score (nSPS) is 12.5. The number of anilines is 3. The van der Waals surface area contributed by atoms with E-state index in [2.05, 4.69) is 266 Å². The van der Waals surface area contributed by atoms with Crippen molar-refractivity contribution in [1.82, 2.24) is 0 Å². The number of hydrogen-bond donors (Lipinski definition) is 0. The molecule has 0 bridgehead atoms. The quantitative estimate of drug-likeness (QED) is 0.144. The first-order valence-corrected chi connectivity index (χ1v) is 23.7. The van der Waals surface area contributed by atoms with Crippen molar-refractivity contribution in [2.24, 2.45) is 0 Å². The van der Waals surface area contributed by atoms with Crippen LogP contribution in [0.2, 0.25) is 0 Å². The third kappa shape index (κ3) is 6.80. The summed E-state index contributed by atoms with van der Waals surface area (Å²) in [5, 5.41) is 2.25. The molecule has 1 aromatic heterocycles. The average molecular weight is 880 g/mol. The third-order valence-electron chi connectivity index (χ3n) is 14.2. The first-order chi connectivity index (χ1) is 34.2. The predicted molar refractivity (Wildman–Crippen MR) is 287 cm³/mol. The maximum absolute atomic E-state index is 6.19. The Kier molecular flexibility index (Phi) is 9.77. The lowest BCUT2D eigenvalue weighted by atomic mass is 9.67. The van der Waals surface area contributed by atoms with Crippen molar-refractivity contribution in [3.63, 3.8) is 0 Å². The van der Waals surface area contributed by atoms with Gasteiger partial charge >= 0.3 is 0 Å². The molecule has 0 aliphatic heterocycles. The number of benzene rings is 11. The number of rotatable bonds is 9. The molecule has 324 valence electrons. The summed E-state index contributed by atoms with van der Waals surface area (Å²) >= 11 is 0. The minimum atomic E-state index is -0.481. The van der Waals surface area contributed by atoms with Gasteiger partial charge in [0.15, 0.2) is 0 Å². The number of fused-ring (bicyclic) bond motifs is 6. The molecular formula is C67H45NO. The van der Waals surface area contributed by atoms with Crippen molar-refractivity contribution in [1.29, 1.82) is 0 Å². The van der Waals surface area contributed by atoms with E-state index in [9.17, 15) is 0 Å². The maximum atomic E-state index is 6.19. The van der Waals surface area contributed by atoms with Crippen LogP contribution in [-0.2, 0) is 5.41 Å². The molecule has 69 heavy (non-hydrogen) atoms. The van der Waals surface area contributed by atoms with E-state index in [1.165, 1.54) is 55.6 Å². The van der Waals surface area contributed by atoms with Gasteiger partial charge in [-0.3, -0.25) is 0 Å². The first-order valence-electron chi connectivity index (χ1n) is 23.7. The smallest absolute Gasteiger partial charge is 0.135 e. The molecule has 0 amide bonds. The molecule has 0 radical (unpaired) electrons. The zero-order valence-electron chi connectivity index (χ0n) is 37.8. The first kappa shape index (κ1) is 40.3. The fraction of sp³-hybridized carbons (Fsp3) is 0.0149. The molecule has 0 spiro atoms. The lowest BCUT2D eigenvalue weighted by Crippen LogP contribution is -2.28. The van der Waals surface area contributed by atoms with Gasteiger partial charge in [0.2, 0.25) is 0 Å². The molecule has 1 heterocycles.